The fourth-order valence-corrected chi connectivity index (χ4v) is 2.16. The topological polar surface area (TPSA) is 63.6 Å². The molecule has 2 unspecified atom stereocenters. The SMILES string of the molecule is COC(=O)C(CCc1ccc(F)cc1F)C(=O)CC(O)C(C)C. The number of aliphatic hydroxyl groups is 1. The summed E-state index contributed by atoms with van der Waals surface area (Å²) in [4.78, 5) is 24.0. The number of Topliss-reactive ketones (excluding diaryl/α,β-unsaturated/α-hetero) is 1. The Morgan fingerprint density at radius 3 is 2.43 bits per heavy atom. The molecule has 0 spiro atoms. The van der Waals surface area contributed by atoms with Crippen molar-refractivity contribution in [1.82, 2.24) is 0 Å². The Kier molecular flexibility index (Phi) is 7.29. The molecule has 0 saturated heterocycles. The molecule has 1 N–H and O–H groups in total. The van der Waals surface area contributed by atoms with Gasteiger partial charge in [0, 0.05) is 12.5 Å². The summed E-state index contributed by atoms with van der Waals surface area (Å²) in [6, 6.07) is 3.16. The molecule has 0 bridgehead atoms. The van der Waals surface area contributed by atoms with Crippen LogP contribution in [0.2, 0.25) is 0 Å². The molecule has 1 rings (SSSR count). The van der Waals surface area contributed by atoms with Crippen LogP contribution in [0.1, 0.15) is 32.3 Å². The number of benzene rings is 1. The van der Waals surface area contributed by atoms with Crippen molar-refractivity contribution < 1.29 is 28.2 Å². The number of rotatable bonds is 8. The first-order chi connectivity index (χ1) is 10.8. The highest BCUT2D eigenvalue weighted by Crippen LogP contribution is 2.19. The summed E-state index contributed by atoms with van der Waals surface area (Å²) in [6.07, 6.45) is -0.880. The third-order valence-electron chi connectivity index (χ3n) is 3.77. The number of esters is 1. The zero-order chi connectivity index (χ0) is 17.6. The number of halogens is 2. The van der Waals surface area contributed by atoms with Gasteiger partial charge in [0.05, 0.1) is 13.2 Å². The van der Waals surface area contributed by atoms with E-state index in [2.05, 4.69) is 4.74 Å². The van der Waals surface area contributed by atoms with Gasteiger partial charge in [-0.3, -0.25) is 9.59 Å². The van der Waals surface area contributed by atoms with Gasteiger partial charge in [-0.25, -0.2) is 8.78 Å². The lowest BCUT2D eigenvalue weighted by Gasteiger charge is -2.18. The van der Waals surface area contributed by atoms with Gasteiger partial charge in [-0.05, 0) is 30.4 Å². The molecular weight excluding hydrogens is 306 g/mol. The van der Waals surface area contributed by atoms with Crippen LogP contribution in [0.25, 0.3) is 0 Å². The molecule has 0 heterocycles. The van der Waals surface area contributed by atoms with Gasteiger partial charge in [-0.2, -0.15) is 0 Å². The lowest BCUT2D eigenvalue weighted by Crippen LogP contribution is -2.30. The number of carbonyl (C=O) groups excluding carboxylic acids is 2. The van der Waals surface area contributed by atoms with E-state index in [1.807, 2.05) is 0 Å². The Hall–Kier alpha value is -1.82. The van der Waals surface area contributed by atoms with Gasteiger partial charge in [0.1, 0.15) is 23.3 Å². The molecule has 0 radical (unpaired) electrons. The van der Waals surface area contributed by atoms with E-state index in [-0.39, 0.29) is 30.7 Å². The molecule has 0 aliphatic heterocycles. The molecule has 1 aromatic carbocycles. The summed E-state index contributed by atoms with van der Waals surface area (Å²) in [5.41, 5.74) is 0.220. The average molecular weight is 328 g/mol. The van der Waals surface area contributed by atoms with Gasteiger partial charge in [-0.1, -0.05) is 19.9 Å². The molecule has 0 aliphatic rings. The molecule has 0 aromatic heterocycles. The first-order valence-corrected chi connectivity index (χ1v) is 7.48. The zero-order valence-corrected chi connectivity index (χ0v) is 13.5. The van der Waals surface area contributed by atoms with E-state index >= 15 is 0 Å². The maximum Gasteiger partial charge on any atom is 0.316 e. The summed E-state index contributed by atoms with van der Waals surface area (Å²) in [6.45, 7) is 3.53. The number of ketones is 1. The lowest BCUT2D eigenvalue weighted by molar-refractivity contribution is -0.150. The van der Waals surface area contributed by atoms with Crippen molar-refractivity contribution in [3.63, 3.8) is 0 Å². The molecule has 0 aliphatic carbocycles. The van der Waals surface area contributed by atoms with Crippen LogP contribution >= 0.6 is 0 Å². The average Bonchev–Trinajstić information content (AvgIpc) is 2.48. The van der Waals surface area contributed by atoms with E-state index in [0.717, 1.165) is 12.1 Å². The Morgan fingerprint density at radius 1 is 1.26 bits per heavy atom. The van der Waals surface area contributed by atoms with Crippen molar-refractivity contribution in [2.75, 3.05) is 7.11 Å². The first-order valence-electron chi connectivity index (χ1n) is 7.48. The summed E-state index contributed by atoms with van der Waals surface area (Å²) in [5.74, 6) is -3.76. The standard InChI is InChI=1S/C17H22F2O4/c1-10(2)15(20)9-16(21)13(17(22)23-3)7-5-11-4-6-12(18)8-14(11)19/h4,6,8,10,13,15,20H,5,7,9H2,1-3H3. The number of hydrogen-bond acceptors (Lipinski definition) is 4. The molecule has 4 nitrogen and oxygen atoms in total. The van der Waals surface area contributed by atoms with Gasteiger partial charge in [0.25, 0.3) is 0 Å². The fraction of sp³-hybridized carbons (Fsp3) is 0.529. The summed E-state index contributed by atoms with van der Waals surface area (Å²) < 4.78 is 31.1. The minimum absolute atomic E-state index is 0.0405. The van der Waals surface area contributed by atoms with E-state index in [1.54, 1.807) is 13.8 Å². The quantitative estimate of drug-likeness (QED) is 0.589. The van der Waals surface area contributed by atoms with Crippen LogP contribution in [0.5, 0.6) is 0 Å². The van der Waals surface area contributed by atoms with Crippen molar-refractivity contribution in [3.05, 3.63) is 35.4 Å². The number of carbonyl (C=O) groups is 2. The van der Waals surface area contributed by atoms with Crippen molar-refractivity contribution in [2.45, 2.75) is 39.2 Å². The van der Waals surface area contributed by atoms with Crippen molar-refractivity contribution in [2.24, 2.45) is 11.8 Å². The predicted octanol–water partition coefficient (Wildman–Crippen LogP) is 2.66. The van der Waals surface area contributed by atoms with Gasteiger partial charge >= 0.3 is 5.97 Å². The largest absolute Gasteiger partial charge is 0.468 e. The Bertz CT molecular complexity index is 558. The molecular formula is C17H22F2O4. The number of aliphatic hydroxyl groups excluding tert-OH is 1. The molecule has 23 heavy (non-hydrogen) atoms. The van der Waals surface area contributed by atoms with Crippen LogP contribution in [0.15, 0.2) is 18.2 Å². The summed E-state index contributed by atoms with van der Waals surface area (Å²) >= 11 is 0. The molecule has 0 saturated carbocycles. The molecule has 0 amide bonds. The maximum atomic E-state index is 13.6. The monoisotopic (exact) mass is 328 g/mol. The summed E-state index contributed by atoms with van der Waals surface area (Å²) in [7, 11) is 1.17. The second-order valence-electron chi connectivity index (χ2n) is 5.83. The van der Waals surface area contributed by atoms with Crippen LogP contribution in [0.3, 0.4) is 0 Å². The second-order valence-corrected chi connectivity index (χ2v) is 5.83. The van der Waals surface area contributed by atoms with E-state index in [9.17, 15) is 23.5 Å². The Labute approximate surface area is 134 Å². The number of hydrogen-bond donors (Lipinski definition) is 1. The lowest BCUT2D eigenvalue weighted by atomic mass is 9.90. The first kappa shape index (κ1) is 19.2. The van der Waals surface area contributed by atoms with Crippen LogP contribution in [-0.2, 0) is 20.7 Å². The Morgan fingerprint density at radius 2 is 1.91 bits per heavy atom. The third-order valence-corrected chi connectivity index (χ3v) is 3.77. The van der Waals surface area contributed by atoms with Gasteiger partial charge < -0.3 is 9.84 Å². The number of methoxy groups -OCH3 is 1. The highest BCUT2D eigenvalue weighted by Gasteiger charge is 2.29. The van der Waals surface area contributed by atoms with Crippen molar-refractivity contribution in [1.29, 1.82) is 0 Å². The van der Waals surface area contributed by atoms with Crippen LogP contribution in [0, 0.1) is 23.5 Å². The van der Waals surface area contributed by atoms with Gasteiger partial charge in [0.2, 0.25) is 0 Å². The van der Waals surface area contributed by atoms with E-state index in [1.165, 1.54) is 13.2 Å². The van der Waals surface area contributed by atoms with Gasteiger partial charge in [0.15, 0.2) is 0 Å². The third kappa shape index (κ3) is 5.71. The number of ether oxygens (including phenoxy) is 1. The van der Waals surface area contributed by atoms with Crippen molar-refractivity contribution >= 4 is 11.8 Å². The minimum atomic E-state index is -1.07. The predicted molar refractivity (Wildman–Crippen MR) is 80.7 cm³/mol. The summed E-state index contributed by atoms with van der Waals surface area (Å²) in [5, 5.41) is 9.79. The van der Waals surface area contributed by atoms with Crippen molar-refractivity contribution in [3.8, 4) is 0 Å². The number of aryl methyl sites for hydroxylation is 1. The van der Waals surface area contributed by atoms with Crippen LogP contribution in [0.4, 0.5) is 8.78 Å². The van der Waals surface area contributed by atoms with E-state index < -0.39 is 35.4 Å². The van der Waals surface area contributed by atoms with E-state index in [0.29, 0.717) is 0 Å². The van der Waals surface area contributed by atoms with Gasteiger partial charge in [-0.15, -0.1) is 0 Å². The molecule has 1 aromatic rings. The van der Waals surface area contributed by atoms with E-state index in [4.69, 9.17) is 0 Å². The maximum absolute atomic E-state index is 13.6. The minimum Gasteiger partial charge on any atom is -0.468 e. The zero-order valence-electron chi connectivity index (χ0n) is 13.5. The molecule has 6 heteroatoms. The molecule has 128 valence electrons. The fourth-order valence-electron chi connectivity index (χ4n) is 2.16. The second kappa shape index (κ2) is 8.72. The molecule has 2 atom stereocenters. The highest BCUT2D eigenvalue weighted by molar-refractivity contribution is 5.99. The highest BCUT2D eigenvalue weighted by atomic mass is 19.1. The smallest absolute Gasteiger partial charge is 0.316 e. The van der Waals surface area contributed by atoms with Crippen LogP contribution in [-0.4, -0.2) is 30.1 Å². The normalized spacial score (nSPS) is 13.7. The Balaban J connectivity index is 2.78. The van der Waals surface area contributed by atoms with Crippen LogP contribution < -0.4 is 0 Å². The molecule has 0 fully saturated rings.